The highest BCUT2D eigenvalue weighted by atomic mass is 32.1. The third-order valence-electron chi connectivity index (χ3n) is 4.73. The van der Waals surface area contributed by atoms with E-state index in [9.17, 15) is 4.79 Å². The largest absolute Gasteiger partial charge is 0.497 e. The Bertz CT molecular complexity index is 752. The number of benzene rings is 1. The molecule has 2 aliphatic rings. The number of piperidine rings is 1. The smallest absolute Gasteiger partial charge is 0.226 e. The van der Waals surface area contributed by atoms with Gasteiger partial charge in [0.2, 0.25) is 5.91 Å². The number of thiazole rings is 1. The number of carbonyl (C=O) groups excluding carboxylic acids is 1. The summed E-state index contributed by atoms with van der Waals surface area (Å²) in [4.78, 5) is 20.4. The molecule has 6 heteroatoms. The van der Waals surface area contributed by atoms with Gasteiger partial charge in [0.15, 0.2) is 5.13 Å². The Morgan fingerprint density at radius 3 is 2.92 bits per heavy atom. The predicted octanol–water partition coefficient (Wildman–Crippen LogP) is 3.62. The van der Waals surface area contributed by atoms with Crippen molar-refractivity contribution in [2.24, 2.45) is 0 Å². The lowest BCUT2D eigenvalue weighted by atomic mass is 9.91. The Labute approximate surface area is 145 Å². The Balaban J connectivity index is 1.70. The molecule has 2 aliphatic heterocycles. The van der Waals surface area contributed by atoms with Gasteiger partial charge in [-0.05, 0) is 37.0 Å². The van der Waals surface area contributed by atoms with Crippen molar-refractivity contribution >= 4 is 28.2 Å². The monoisotopic (exact) mass is 343 g/mol. The summed E-state index contributed by atoms with van der Waals surface area (Å²) in [6.45, 7) is 2.12. The van der Waals surface area contributed by atoms with Gasteiger partial charge in [-0.25, -0.2) is 4.98 Å². The van der Waals surface area contributed by atoms with Crippen LogP contribution in [0.25, 0.3) is 0 Å². The molecule has 1 aromatic carbocycles. The third kappa shape index (κ3) is 2.86. The number of methoxy groups -OCH3 is 1. The van der Waals surface area contributed by atoms with E-state index in [4.69, 9.17) is 9.72 Å². The summed E-state index contributed by atoms with van der Waals surface area (Å²) in [6, 6.07) is 8.00. The zero-order valence-electron chi connectivity index (χ0n) is 13.7. The van der Waals surface area contributed by atoms with E-state index >= 15 is 0 Å². The molecule has 5 nitrogen and oxygen atoms in total. The van der Waals surface area contributed by atoms with Crippen LogP contribution in [0.4, 0.5) is 10.9 Å². The molecule has 2 aromatic rings. The van der Waals surface area contributed by atoms with E-state index in [0.29, 0.717) is 6.42 Å². The number of hydrogen-bond donors (Lipinski definition) is 1. The first-order chi connectivity index (χ1) is 11.7. The molecule has 0 saturated carbocycles. The number of anilines is 2. The van der Waals surface area contributed by atoms with E-state index < -0.39 is 0 Å². The SMILES string of the molecule is COc1cccc([C@H]2CC(=O)Nc3nc(N4CCCCC4)sc32)c1. The van der Waals surface area contributed by atoms with Crippen LogP contribution in [0.5, 0.6) is 5.75 Å². The van der Waals surface area contributed by atoms with E-state index in [1.165, 1.54) is 19.3 Å². The zero-order chi connectivity index (χ0) is 16.5. The summed E-state index contributed by atoms with van der Waals surface area (Å²) in [5.41, 5.74) is 1.11. The fourth-order valence-corrected chi connectivity index (χ4v) is 4.66. The summed E-state index contributed by atoms with van der Waals surface area (Å²) in [5.74, 6) is 1.65. The normalized spacial score (nSPS) is 20.5. The number of ether oxygens (including phenoxy) is 1. The van der Waals surface area contributed by atoms with Gasteiger partial charge in [0.05, 0.1) is 12.0 Å². The summed E-state index contributed by atoms with van der Waals surface area (Å²) >= 11 is 1.72. The van der Waals surface area contributed by atoms with Crippen LogP contribution in [0, 0.1) is 0 Å². The lowest BCUT2D eigenvalue weighted by molar-refractivity contribution is -0.116. The summed E-state index contributed by atoms with van der Waals surface area (Å²) in [7, 11) is 1.67. The number of aromatic nitrogens is 1. The fourth-order valence-electron chi connectivity index (χ4n) is 3.46. The zero-order valence-corrected chi connectivity index (χ0v) is 14.6. The number of carbonyl (C=O) groups is 1. The van der Waals surface area contributed by atoms with E-state index in [2.05, 4.69) is 16.3 Å². The Morgan fingerprint density at radius 1 is 1.29 bits per heavy atom. The molecular weight excluding hydrogens is 322 g/mol. The Hall–Kier alpha value is -2.08. The molecule has 0 unspecified atom stereocenters. The molecule has 1 aromatic heterocycles. The molecule has 4 rings (SSSR count). The van der Waals surface area contributed by atoms with Gasteiger partial charge in [-0.3, -0.25) is 4.79 Å². The van der Waals surface area contributed by atoms with Crippen LogP contribution in [0.2, 0.25) is 0 Å². The van der Waals surface area contributed by atoms with Crippen LogP contribution in [0.15, 0.2) is 24.3 Å². The molecule has 1 amide bonds. The molecule has 0 radical (unpaired) electrons. The first kappa shape index (κ1) is 15.4. The highest BCUT2D eigenvalue weighted by molar-refractivity contribution is 7.16. The molecule has 1 saturated heterocycles. The second-order valence-corrected chi connectivity index (χ2v) is 7.35. The van der Waals surface area contributed by atoms with Gasteiger partial charge >= 0.3 is 0 Å². The van der Waals surface area contributed by atoms with Gasteiger partial charge in [-0.2, -0.15) is 0 Å². The van der Waals surface area contributed by atoms with Crippen molar-refractivity contribution in [3.05, 3.63) is 34.7 Å². The number of fused-ring (bicyclic) bond motifs is 1. The molecule has 0 spiro atoms. The van der Waals surface area contributed by atoms with Crippen molar-refractivity contribution < 1.29 is 9.53 Å². The van der Waals surface area contributed by atoms with Crippen LogP contribution in [-0.2, 0) is 4.79 Å². The van der Waals surface area contributed by atoms with Crippen molar-refractivity contribution in [3.63, 3.8) is 0 Å². The van der Waals surface area contributed by atoms with E-state index in [1.54, 1.807) is 18.4 Å². The number of hydrogen-bond acceptors (Lipinski definition) is 5. The number of amides is 1. The van der Waals surface area contributed by atoms with Gasteiger partial charge in [0, 0.05) is 25.4 Å². The van der Waals surface area contributed by atoms with E-state index in [-0.39, 0.29) is 11.8 Å². The Kier molecular flexibility index (Phi) is 4.14. The molecule has 126 valence electrons. The van der Waals surface area contributed by atoms with Gasteiger partial charge in [-0.1, -0.05) is 23.5 Å². The summed E-state index contributed by atoms with van der Waals surface area (Å²) in [5, 5.41) is 3.99. The average molecular weight is 343 g/mol. The lowest BCUT2D eigenvalue weighted by Crippen LogP contribution is -2.29. The standard InChI is InChI=1S/C18H21N3O2S/c1-23-13-7-5-6-12(10-13)14-11-15(22)19-17-16(14)24-18(20-17)21-8-3-2-4-9-21/h5-7,10,14H,2-4,8-9,11H2,1H3,(H,19,22)/t14-/m1/s1. The third-order valence-corrected chi connectivity index (χ3v) is 5.96. The van der Waals surface area contributed by atoms with Crippen molar-refractivity contribution in [3.8, 4) is 5.75 Å². The maximum Gasteiger partial charge on any atom is 0.226 e. The highest BCUT2D eigenvalue weighted by Gasteiger charge is 2.31. The number of nitrogens with zero attached hydrogens (tertiary/aromatic N) is 2. The molecule has 0 aliphatic carbocycles. The minimum absolute atomic E-state index is 0.0332. The fraction of sp³-hybridized carbons (Fsp3) is 0.444. The van der Waals surface area contributed by atoms with Crippen molar-refractivity contribution in [2.75, 3.05) is 30.4 Å². The highest BCUT2D eigenvalue weighted by Crippen LogP contribution is 2.44. The first-order valence-electron chi connectivity index (χ1n) is 8.44. The van der Waals surface area contributed by atoms with E-state index in [0.717, 1.165) is 40.2 Å². The molecular formula is C18H21N3O2S. The van der Waals surface area contributed by atoms with Gasteiger partial charge in [0.25, 0.3) is 0 Å². The van der Waals surface area contributed by atoms with Crippen molar-refractivity contribution in [2.45, 2.75) is 31.6 Å². The molecule has 24 heavy (non-hydrogen) atoms. The first-order valence-corrected chi connectivity index (χ1v) is 9.26. The maximum atomic E-state index is 12.2. The molecule has 0 bridgehead atoms. The minimum Gasteiger partial charge on any atom is -0.497 e. The topological polar surface area (TPSA) is 54.5 Å². The molecule has 1 fully saturated rings. The van der Waals surface area contributed by atoms with Crippen molar-refractivity contribution in [1.82, 2.24) is 4.98 Å². The van der Waals surface area contributed by atoms with E-state index in [1.807, 2.05) is 18.2 Å². The average Bonchev–Trinajstić information content (AvgIpc) is 3.05. The molecule has 1 N–H and O–H groups in total. The van der Waals surface area contributed by atoms with Gasteiger partial charge < -0.3 is 15.0 Å². The molecule has 1 atom stereocenters. The van der Waals surface area contributed by atoms with Crippen LogP contribution in [-0.4, -0.2) is 31.1 Å². The number of nitrogens with one attached hydrogen (secondary N) is 1. The van der Waals surface area contributed by atoms with Crippen LogP contribution < -0.4 is 15.0 Å². The van der Waals surface area contributed by atoms with Gasteiger partial charge in [-0.15, -0.1) is 0 Å². The second kappa shape index (κ2) is 6.43. The van der Waals surface area contributed by atoms with Crippen molar-refractivity contribution in [1.29, 1.82) is 0 Å². The van der Waals surface area contributed by atoms with Crippen LogP contribution in [0.1, 0.15) is 42.0 Å². The minimum atomic E-state index is 0.0332. The maximum absolute atomic E-state index is 12.2. The summed E-state index contributed by atoms with van der Waals surface area (Å²) < 4.78 is 5.34. The van der Waals surface area contributed by atoms with Crippen LogP contribution >= 0.6 is 11.3 Å². The lowest BCUT2D eigenvalue weighted by Gasteiger charge is -2.25. The quantitative estimate of drug-likeness (QED) is 0.925. The van der Waals surface area contributed by atoms with Crippen LogP contribution in [0.3, 0.4) is 0 Å². The number of rotatable bonds is 3. The van der Waals surface area contributed by atoms with Gasteiger partial charge in [0.1, 0.15) is 11.6 Å². The predicted molar refractivity (Wildman–Crippen MR) is 96.3 cm³/mol. The second-order valence-electron chi connectivity index (χ2n) is 6.34. The summed E-state index contributed by atoms with van der Waals surface area (Å²) in [6.07, 6.45) is 4.19. The Morgan fingerprint density at radius 2 is 2.12 bits per heavy atom. The molecule has 3 heterocycles.